The van der Waals surface area contributed by atoms with Gasteiger partial charge in [0.1, 0.15) is 5.01 Å². The highest BCUT2D eigenvalue weighted by Crippen LogP contribution is 2.37. The molecule has 0 aliphatic carbocycles. The smallest absolute Gasteiger partial charge is 0.324 e. The molecule has 1 atom stereocenters. The molecule has 1 aliphatic heterocycles. The molecule has 2 heterocycles. The molecule has 0 saturated carbocycles. The number of amides is 1. The van der Waals surface area contributed by atoms with Gasteiger partial charge in [-0.1, -0.05) is 24.3 Å². The number of nitrogens with one attached hydrogen (secondary N) is 1. The number of hydrogen-bond donors (Lipinski definition) is 1. The van der Waals surface area contributed by atoms with E-state index in [0.717, 1.165) is 40.7 Å². The van der Waals surface area contributed by atoms with E-state index in [1.165, 1.54) is 18.2 Å². The molecule has 1 fully saturated rings. The van der Waals surface area contributed by atoms with E-state index in [-0.39, 0.29) is 18.3 Å². The van der Waals surface area contributed by atoms with Crippen LogP contribution < -0.4 is 5.32 Å². The zero-order valence-corrected chi connectivity index (χ0v) is 15.7. The van der Waals surface area contributed by atoms with Gasteiger partial charge in [-0.3, -0.25) is 9.69 Å². The van der Waals surface area contributed by atoms with Crippen LogP contribution in [0.3, 0.4) is 0 Å². The van der Waals surface area contributed by atoms with Gasteiger partial charge in [-0.25, -0.2) is 4.98 Å². The number of rotatable bonds is 4. The van der Waals surface area contributed by atoms with Gasteiger partial charge in [0, 0.05) is 0 Å². The zero-order chi connectivity index (χ0) is 19.7. The van der Waals surface area contributed by atoms with Crippen molar-refractivity contribution >= 4 is 33.1 Å². The predicted molar refractivity (Wildman–Crippen MR) is 103 cm³/mol. The summed E-state index contributed by atoms with van der Waals surface area (Å²) in [6.45, 7) is 0.752. The highest BCUT2D eigenvalue weighted by molar-refractivity contribution is 7.18. The first kappa shape index (κ1) is 18.9. The molecule has 1 aromatic heterocycles. The Bertz CT molecular complexity index is 969. The molecule has 0 bridgehead atoms. The van der Waals surface area contributed by atoms with Gasteiger partial charge < -0.3 is 5.32 Å². The minimum Gasteiger partial charge on any atom is -0.324 e. The lowest BCUT2D eigenvalue weighted by atomic mass is 10.1. The van der Waals surface area contributed by atoms with Crippen molar-refractivity contribution in [1.29, 1.82) is 0 Å². The number of carbonyl (C=O) groups excluding carboxylic acids is 1. The fourth-order valence-corrected chi connectivity index (χ4v) is 4.68. The van der Waals surface area contributed by atoms with Gasteiger partial charge in [0.2, 0.25) is 5.91 Å². The monoisotopic (exact) mass is 405 g/mol. The molecule has 3 aromatic rings. The summed E-state index contributed by atoms with van der Waals surface area (Å²) in [5, 5.41) is 3.37. The van der Waals surface area contributed by atoms with E-state index in [4.69, 9.17) is 0 Å². The van der Waals surface area contributed by atoms with Crippen LogP contribution in [0.1, 0.15) is 29.5 Å². The van der Waals surface area contributed by atoms with Gasteiger partial charge in [-0.05, 0) is 43.7 Å². The SMILES string of the molecule is O=C(CN1CCCC1c1nc2ccccc2s1)Nc1ccccc1C(F)(F)F. The number of carbonyl (C=O) groups is 1. The van der Waals surface area contributed by atoms with E-state index in [9.17, 15) is 18.0 Å². The van der Waals surface area contributed by atoms with E-state index in [1.54, 1.807) is 11.3 Å². The van der Waals surface area contributed by atoms with Crippen LogP contribution in [0.25, 0.3) is 10.2 Å². The minimum absolute atomic E-state index is 0.0148. The van der Waals surface area contributed by atoms with Crippen molar-refractivity contribution in [3.05, 3.63) is 59.1 Å². The Balaban J connectivity index is 1.48. The number of aromatic nitrogens is 1. The van der Waals surface area contributed by atoms with Crippen LogP contribution in [-0.4, -0.2) is 28.9 Å². The van der Waals surface area contributed by atoms with Gasteiger partial charge in [0.25, 0.3) is 0 Å². The molecule has 1 unspecified atom stereocenters. The fourth-order valence-electron chi connectivity index (χ4n) is 3.54. The Morgan fingerprint density at radius 1 is 1.18 bits per heavy atom. The number of alkyl halides is 3. The molecule has 1 aliphatic rings. The van der Waals surface area contributed by atoms with E-state index in [1.807, 2.05) is 29.2 Å². The molecular formula is C20H18F3N3OS. The molecule has 4 rings (SSSR count). The normalized spacial score (nSPS) is 17.9. The second-order valence-corrected chi connectivity index (χ2v) is 7.80. The van der Waals surface area contributed by atoms with Gasteiger partial charge in [-0.15, -0.1) is 11.3 Å². The average molecular weight is 405 g/mol. The number of fused-ring (bicyclic) bond motifs is 1. The Hall–Kier alpha value is -2.45. The standard InChI is InChI=1S/C20H18F3N3OS/c21-20(22,23)13-6-1-2-7-14(13)24-18(27)12-26-11-5-9-16(26)19-25-15-8-3-4-10-17(15)28-19/h1-4,6-8,10,16H,5,9,11-12H2,(H,24,27). The predicted octanol–water partition coefficient (Wildman–Crippen LogP) is 5.09. The summed E-state index contributed by atoms with van der Waals surface area (Å²) in [5.41, 5.74) is -0.124. The minimum atomic E-state index is -4.51. The lowest BCUT2D eigenvalue weighted by molar-refractivity contribution is -0.137. The first-order chi connectivity index (χ1) is 13.4. The quantitative estimate of drug-likeness (QED) is 0.658. The van der Waals surface area contributed by atoms with Crippen molar-refractivity contribution in [2.24, 2.45) is 0 Å². The molecule has 1 saturated heterocycles. The van der Waals surface area contributed by atoms with Crippen LogP contribution in [0.2, 0.25) is 0 Å². The van der Waals surface area contributed by atoms with Crippen molar-refractivity contribution < 1.29 is 18.0 Å². The van der Waals surface area contributed by atoms with Gasteiger partial charge >= 0.3 is 6.18 Å². The third-order valence-electron chi connectivity index (χ3n) is 4.81. The average Bonchev–Trinajstić information content (AvgIpc) is 3.27. The summed E-state index contributed by atoms with van der Waals surface area (Å²) in [6, 6.07) is 12.9. The van der Waals surface area contributed by atoms with Crippen molar-refractivity contribution in [2.75, 3.05) is 18.4 Å². The topological polar surface area (TPSA) is 45.2 Å². The summed E-state index contributed by atoms with van der Waals surface area (Å²) in [4.78, 5) is 19.1. The van der Waals surface area contributed by atoms with Gasteiger partial charge in [0.15, 0.2) is 0 Å². The molecule has 146 valence electrons. The van der Waals surface area contributed by atoms with Crippen molar-refractivity contribution in [1.82, 2.24) is 9.88 Å². The Labute approximate surface area is 164 Å². The maximum Gasteiger partial charge on any atom is 0.418 e. The number of likely N-dealkylation sites (tertiary alicyclic amines) is 1. The number of thiazole rings is 1. The molecule has 0 radical (unpaired) electrons. The fraction of sp³-hybridized carbons (Fsp3) is 0.300. The molecular weight excluding hydrogens is 387 g/mol. The van der Waals surface area contributed by atoms with Crippen LogP contribution in [-0.2, 0) is 11.0 Å². The molecule has 4 nitrogen and oxygen atoms in total. The summed E-state index contributed by atoms with van der Waals surface area (Å²) in [6.07, 6.45) is -2.71. The maximum atomic E-state index is 13.1. The van der Waals surface area contributed by atoms with Crippen LogP contribution in [0, 0.1) is 0 Å². The third-order valence-corrected chi connectivity index (χ3v) is 5.95. The van der Waals surface area contributed by atoms with Crippen LogP contribution in [0.5, 0.6) is 0 Å². The van der Waals surface area contributed by atoms with Crippen LogP contribution in [0.4, 0.5) is 18.9 Å². The molecule has 1 amide bonds. The Kier molecular flexibility index (Phi) is 5.07. The lowest BCUT2D eigenvalue weighted by Crippen LogP contribution is -2.33. The van der Waals surface area contributed by atoms with Gasteiger partial charge in [0.05, 0.1) is 34.1 Å². The van der Waals surface area contributed by atoms with Gasteiger partial charge in [-0.2, -0.15) is 13.2 Å². The van der Waals surface area contributed by atoms with Crippen LogP contribution in [0.15, 0.2) is 48.5 Å². The van der Waals surface area contributed by atoms with Crippen molar-refractivity contribution in [2.45, 2.75) is 25.1 Å². The van der Waals surface area contributed by atoms with E-state index in [2.05, 4.69) is 10.3 Å². The second-order valence-electron chi connectivity index (χ2n) is 6.74. The number of hydrogen-bond acceptors (Lipinski definition) is 4. The first-order valence-corrected chi connectivity index (χ1v) is 9.79. The molecule has 0 spiro atoms. The zero-order valence-electron chi connectivity index (χ0n) is 14.9. The molecule has 8 heteroatoms. The highest BCUT2D eigenvalue weighted by atomic mass is 32.1. The van der Waals surface area contributed by atoms with E-state index in [0.29, 0.717) is 0 Å². The highest BCUT2D eigenvalue weighted by Gasteiger charge is 2.34. The summed E-state index contributed by atoms with van der Waals surface area (Å²) >= 11 is 1.60. The largest absolute Gasteiger partial charge is 0.418 e. The lowest BCUT2D eigenvalue weighted by Gasteiger charge is -2.22. The summed E-state index contributed by atoms with van der Waals surface area (Å²) < 4.78 is 40.5. The summed E-state index contributed by atoms with van der Waals surface area (Å²) in [5.74, 6) is -0.454. The Morgan fingerprint density at radius 3 is 2.71 bits per heavy atom. The number of anilines is 1. The molecule has 2 aromatic carbocycles. The van der Waals surface area contributed by atoms with E-state index >= 15 is 0 Å². The number of halogens is 3. The first-order valence-electron chi connectivity index (χ1n) is 8.97. The number of benzene rings is 2. The number of nitrogens with zero attached hydrogens (tertiary/aromatic N) is 2. The van der Waals surface area contributed by atoms with E-state index < -0.39 is 17.6 Å². The third kappa shape index (κ3) is 3.88. The van der Waals surface area contributed by atoms with Crippen molar-refractivity contribution in [3.8, 4) is 0 Å². The number of para-hydroxylation sites is 2. The molecule has 28 heavy (non-hydrogen) atoms. The summed E-state index contributed by atoms with van der Waals surface area (Å²) in [7, 11) is 0. The van der Waals surface area contributed by atoms with Crippen LogP contribution >= 0.6 is 11.3 Å². The Morgan fingerprint density at radius 2 is 1.93 bits per heavy atom. The maximum absolute atomic E-state index is 13.1. The second kappa shape index (κ2) is 7.52. The van der Waals surface area contributed by atoms with Crippen molar-refractivity contribution in [3.63, 3.8) is 0 Å². The molecule has 1 N–H and O–H groups in total.